The molecule has 0 aromatic heterocycles. The standard InChI is InChI=1S/C29H27N3O4S2/c1-35-25-18-23(38-26-9-5-6-16-30-26)15-10-19(25)17-24-27(33)31-29(37)32(28(24)34)20-11-13-22(14-12-20)36-21-7-3-2-4-8-21/h2-4,7-8,10-15,17-18,26,30H,5-6,9,16H2,1H3,(H,31,33,37)/b24-17+. The van der Waals surface area contributed by atoms with E-state index in [0.717, 1.165) is 17.9 Å². The lowest BCUT2D eigenvalue weighted by atomic mass is 10.1. The number of nitrogens with zero attached hydrogens (tertiary/aromatic N) is 1. The third-order valence-electron chi connectivity index (χ3n) is 6.22. The van der Waals surface area contributed by atoms with E-state index >= 15 is 0 Å². The zero-order valence-corrected chi connectivity index (χ0v) is 22.4. The summed E-state index contributed by atoms with van der Waals surface area (Å²) in [6, 6.07) is 22.1. The molecule has 3 aromatic carbocycles. The van der Waals surface area contributed by atoms with Gasteiger partial charge >= 0.3 is 0 Å². The summed E-state index contributed by atoms with van der Waals surface area (Å²) in [5.41, 5.74) is 1.12. The number of rotatable bonds is 7. The molecule has 2 N–H and O–H groups in total. The van der Waals surface area contributed by atoms with Gasteiger partial charge in [0.15, 0.2) is 5.11 Å². The third kappa shape index (κ3) is 5.91. The Morgan fingerprint density at radius 1 is 1.00 bits per heavy atom. The lowest BCUT2D eigenvalue weighted by Gasteiger charge is -2.29. The second-order valence-corrected chi connectivity index (χ2v) is 10.5. The monoisotopic (exact) mass is 545 g/mol. The highest BCUT2D eigenvalue weighted by Crippen LogP contribution is 2.33. The van der Waals surface area contributed by atoms with Crippen LogP contribution in [0, 0.1) is 0 Å². The Labute approximate surface area is 231 Å². The molecular weight excluding hydrogens is 518 g/mol. The lowest BCUT2D eigenvalue weighted by Crippen LogP contribution is -2.54. The van der Waals surface area contributed by atoms with Gasteiger partial charge in [-0.05, 0) is 92.6 Å². The zero-order chi connectivity index (χ0) is 26.5. The van der Waals surface area contributed by atoms with Crippen LogP contribution >= 0.6 is 24.0 Å². The molecule has 38 heavy (non-hydrogen) atoms. The topological polar surface area (TPSA) is 79.9 Å². The number of hydrogen-bond acceptors (Lipinski definition) is 7. The van der Waals surface area contributed by atoms with Gasteiger partial charge in [-0.15, -0.1) is 11.8 Å². The van der Waals surface area contributed by atoms with E-state index in [-0.39, 0.29) is 10.7 Å². The van der Waals surface area contributed by atoms with E-state index in [1.165, 1.54) is 17.7 Å². The van der Waals surface area contributed by atoms with Gasteiger partial charge in [-0.25, -0.2) is 0 Å². The summed E-state index contributed by atoms with van der Waals surface area (Å²) in [6.07, 6.45) is 5.08. The molecule has 7 nitrogen and oxygen atoms in total. The predicted octanol–water partition coefficient (Wildman–Crippen LogP) is 5.51. The van der Waals surface area contributed by atoms with Gasteiger partial charge in [-0.1, -0.05) is 24.3 Å². The largest absolute Gasteiger partial charge is 0.496 e. The summed E-state index contributed by atoms with van der Waals surface area (Å²) in [6.45, 7) is 1.03. The molecule has 3 aromatic rings. The molecule has 0 spiro atoms. The van der Waals surface area contributed by atoms with E-state index in [1.807, 2.05) is 48.5 Å². The normalized spacial score (nSPS) is 18.9. The Bertz CT molecular complexity index is 1370. The first-order valence-corrected chi connectivity index (χ1v) is 13.6. The molecular formula is C29H27N3O4S2. The molecule has 1 atom stereocenters. The minimum Gasteiger partial charge on any atom is -0.496 e. The summed E-state index contributed by atoms with van der Waals surface area (Å²) in [4.78, 5) is 28.6. The fourth-order valence-electron chi connectivity index (χ4n) is 4.30. The fourth-order valence-corrected chi connectivity index (χ4v) is 5.72. The van der Waals surface area contributed by atoms with Crippen molar-refractivity contribution in [2.75, 3.05) is 18.6 Å². The minimum atomic E-state index is -0.549. The molecule has 2 heterocycles. The van der Waals surface area contributed by atoms with Crippen LogP contribution in [0.1, 0.15) is 24.8 Å². The van der Waals surface area contributed by atoms with Crippen LogP contribution in [0.2, 0.25) is 0 Å². The van der Waals surface area contributed by atoms with E-state index < -0.39 is 11.8 Å². The van der Waals surface area contributed by atoms with Crippen LogP contribution in [0.15, 0.2) is 83.3 Å². The number of amides is 2. The van der Waals surface area contributed by atoms with Gasteiger partial charge in [-0.2, -0.15) is 0 Å². The van der Waals surface area contributed by atoms with Gasteiger partial charge in [0.1, 0.15) is 22.8 Å². The van der Waals surface area contributed by atoms with Gasteiger partial charge < -0.3 is 14.8 Å². The van der Waals surface area contributed by atoms with Crippen LogP contribution in [0.25, 0.3) is 6.08 Å². The fraction of sp³-hybridized carbons (Fsp3) is 0.207. The number of anilines is 1. The van der Waals surface area contributed by atoms with Crippen LogP contribution in [0.3, 0.4) is 0 Å². The second kappa shape index (κ2) is 11.8. The van der Waals surface area contributed by atoms with Crippen molar-refractivity contribution in [2.45, 2.75) is 29.5 Å². The Kier molecular flexibility index (Phi) is 8.07. The van der Waals surface area contributed by atoms with Gasteiger partial charge in [0.2, 0.25) is 0 Å². The molecule has 9 heteroatoms. The molecule has 0 aliphatic carbocycles. The number of carbonyl (C=O) groups is 2. The van der Waals surface area contributed by atoms with Gasteiger partial charge in [0, 0.05) is 10.5 Å². The van der Waals surface area contributed by atoms with Crippen LogP contribution < -0.4 is 25.0 Å². The van der Waals surface area contributed by atoms with E-state index in [4.69, 9.17) is 21.7 Å². The number of hydrogen-bond donors (Lipinski definition) is 2. The zero-order valence-electron chi connectivity index (χ0n) is 20.8. The Morgan fingerprint density at radius 2 is 1.76 bits per heavy atom. The Morgan fingerprint density at radius 3 is 2.47 bits per heavy atom. The van der Waals surface area contributed by atoms with E-state index in [1.54, 1.807) is 49.2 Å². The highest BCUT2D eigenvalue weighted by Gasteiger charge is 2.34. The van der Waals surface area contributed by atoms with E-state index in [2.05, 4.69) is 10.6 Å². The first-order valence-electron chi connectivity index (χ1n) is 12.3. The second-order valence-electron chi connectivity index (χ2n) is 8.83. The van der Waals surface area contributed by atoms with Crippen LogP contribution in [-0.4, -0.2) is 36.0 Å². The summed E-state index contributed by atoms with van der Waals surface area (Å²) in [7, 11) is 1.58. The number of nitrogens with one attached hydrogen (secondary N) is 2. The molecule has 2 aliphatic heterocycles. The van der Waals surface area contributed by atoms with Crippen molar-refractivity contribution in [2.24, 2.45) is 0 Å². The SMILES string of the molecule is COc1cc(SC2CCCCN2)ccc1/C=C1\C(=O)NC(=S)N(c2ccc(Oc3ccccc3)cc2)C1=O. The van der Waals surface area contributed by atoms with Gasteiger partial charge in [0.05, 0.1) is 18.2 Å². The number of ether oxygens (including phenoxy) is 2. The van der Waals surface area contributed by atoms with Crippen molar-refractivity contribution >= 4 is 52.7 Å². The molecule has 194 valence electrons. The molecule has 2 aliphatic rings. The van der Waals surface area contributed by atoms with Crippen molar-refractivity contribution in [1.29, 1.82) is 0 Å². The molecule has 5 rings (SSSR count). The van der Waals surface area contributed by atoms with E-state index in [0.29, 0.717) is 33.9 Å². The van der Waals surface area contributed by atoms with Crippen molar-refractivity contribution in [3.63, 3.8) is 0 Å². The summed E-state index contributed by atoms with van der Waals surface area (Å²) in [5, 5.41) is 6.54. The van der Waals surface area contributed by atoms with Gasteiger partial charge in [-0.3, -0.25) is 19.8 Å². The molecule has 0 saturated carbocycles. The maximum absolute atomic E-state index is 13.5. The number of benzene rings is 3. The number of methoxy groups -OCH3 is 1. The highest BCUT2D eigenvalue weighted by molar-refractivity contribution is 7.99. The maximum Gasteiger partial charge on any atom is 0.270 e. The summed E-state index contributed by atoms with van der Waals surface area (Å²) in [5.74, 6) is 0.840. The number of para-hydroxylation sites is 1. The molecule has 2 amide bonds. The Hall–Kier alpha value is -3.66. The number of thiocarbonyl (C=S) groups is 1. The quantitative estimate of drug-likeness (QED) is 0.230. The van der Waals surface area contributed by atoms with Crippen molar-refractivity contribution < 1.29 is 19.1 Å². The van der Waals surface area contributed by atoms with E-state index in [9.17, 15) is 9.59 Å². The van der Waals surface area contributed by atoms with Crippen molar-refractivity contribution in [3.8, 4) is 17.2 Å². The smallest absolute Gasteiger partial charge is 0.270 e. The molecule has 2 fully saturated rings. The lowest BCUT2D eigenvalue weighted by molar-refractivity contribution is -0.122. The van der Waals surface area contributed by atoms with Gasteiger partial charge in [0.25, 0.3) is 11.8 Å². The number of carbonyl (C=O) groups excluding carboxylic acids is 2. The molecule has 1 unspecified atom stereocenters. The predicted molar refractivity (Wildman–Crippen MR) is 154 cm³/mol. The molecule has 2 saturated heterocycles. The summed E-state index contributed by atoms with van der Waals surface area (Å²) < 4.78 is 11.4. The molecule has 0 bridgehead atoms. The maximum atomic E-state index is 13.5. The van der Waals surface area contributed by atoms with Crippen molar-refractivity contribution in [3.05, 3.63) is 83.9 Å². The average Bonchev–Trinajstić information content (AvgIpc) is 2.93. The van der Waals surface area contributed by atoms with Crippen LogP contribution in [0.4, 0.5) is 5.69 Å². The average molecular weight is 546 g/mol. The van der Waals surface area contributed by atoms with Crippen molar-refractivity contribution in [1.82, 2.24) is 10.6 Å². The number of thioether (sulfide) groups is 1. The first-order chi connectivity index (χ1) is 18.5. The van der Waals surface area contributed by atoms with Crippen LogP contribution in [-0.2, 0) is 9.59 Å². The summed E-state index contributed by atoms with van der Waals surface area (Å²) >= 11 is 7.10. The Balaban J connectivity index is 1.36. The third-order valence-corrected chi connectivity index (χ3v) is 7.72. The first kappa shape index (κ1) is 26.0. The number of piperidine rings is 1. The minimum absolute atomic E-state index is 0.0209. The highest BCUT2D eigenvalue weighted by atomic mass is 32.2. The van der Waals surface area contributed by atoms with Crippen LogP contribution in [0.5, 0.6) is 17.2 Å². The molecule has 0 radical (unpaired) electrons.